The average molecular weight is 282 g/mol. The molecule has 0 heterocycles. The van der Waals surface area contributed by atoms with Gasteiger partial charge < -0.3 is 23.3 Å². The molecule has 0 aliphatic heterocycles. The van der Waals surface area contributed by atoms with Gasteiger partial charge in [0.15, 0.2) is 5.60 Å². The van der Waals surface area contributed by atoms with Crippen LogP contribution in [0.3, 0.4) is 0 Å². The van der Waals surface area contributed by atoms with Gasteiger partial charge in [-0.3, -0.25) is 9.59 Å². The van der Waals surface area contributed by atoms with Crippen molar-refractivity contribution in [2.75, 3.05) is 0 Å². The summed E-state index contributed by atoms with van der Waals surface area (Å²) >= 11 is 0. The Morgan fingerprint density at radius 3 is 1.43 bits per heavy atom. The largest absolute Gasteiger partial charge is 2.00 e. The van der Waals surface area contributed by atoms with E-state index in [4.69, 9.17) is 20.4 Å². The second-order valence-electron chi connectivity index (χ2n) is 2.48. The predicted molar refractivity (Wildman–Crippen MR) is 45.1 cm³/mol. The van der Waals surface area contributed by atoms with E-state index in [9.17, 15) is 14.4 Å². The zero-order valence-electron chi connectivity index (χ0n) is 9.13. The van der Waals surface area contributed by atoms with Gasteiger partial charge in [0.25, 0.3) is 0 Å². The topological polar surface area (TPSA) is 132 Å². The van der Waals surface area contributed by atoms with E-state index in [2.05, 4.69) is 0 Å². The third-order valence-electron chi connectivity index (χ3n) is 1.29. The molecule has 0 amide bonds. The van der Waals surface area contributed by atoms with Gasteiger partial charge in [0, 0.05) is 0 Å². The summed E-state index contributed by atoms with van der Waals surface area (Å²) in [5, 5.41) is 33.8. The Morgan fingerprint density at radius 1 is 1.00 bits per heavy atom. The van der Waals surface area contributed by atoms with E-state index < -0.39 is 36.4 Å². The Balaban J connectivity index is -0.000000240. The van der Waals surface area contributed by atoms with E-state index in [0.717, 1.165) is 0 Å². The molecule has 0 bridgehead atoms. The Hall–Kier alpha value is -0.149. The van der Waals surface area contributed by atoms with Crippen LogP contribution < -0.4 is 0 Å². The number of carboxylic acids is 3. The van der Waals surface area contributed by atoms with Gasteiger partial charge in [0.2, 0.25) is 0 Å². The molecule has 0 spiro atoms. The molecule has 0 fully saturated rings. The Bertz CT molecular complexity index is 241. The van der Waals surface area contributed by atoms with Crippen molar-refractivity contribution < 1.29 is 37.7 Å². The molecule has 0 aromatic carbocycles. The molecule has 8 heteroatoms. The molecule has 78 valence electrons. The summed E-state index contributed by atoms with van der Waals surface area (Å²) in [6.45, 7) is 0. The third-order valence-corrected chi connectivity index (χ3v) is 1.29. The van der Waals surface area contributed by atoms with Gasteiger partial charge in [0.05, 0.1) is 12.8 Å². The van der Waals surface area contributed by atoms with Crippen LogP contribution in [-0.2, 0) is 14.4 Å². The summed E-state index contributed by atoms with van der Waals surface area (Å²) in [4.78, 5) is 30.5. The first-order chi connectivity index (χ1) is 5.78. The first-order valence-electron chi connectivity index (χ1n) is 3.17. The minimum atomic E-state index is -2.74. The van der Waals surface area contributed by atoms with E-state index in [0.29, 0.717) is 0 Å². The molecule has 14 heavy (non-hydrogen) atoms. The van der Waals surface area contributed by atoms with E-state index in [1.54, 1.807) is 0 Å². The van der Waals surface area contributed by atoms with Crippen LogP contribution in [0.4, 0.5) is 0 Å². The minimum absolute atomic E-state index is 0. The van der Waals surface area contributed by atoms with E-state index >= 15 is 0 Å². The fraction of sp³-hybridized carbons (Fsp3) is 0.500. The number of aliphatic carboxylic acids is 3. The molecule has 0 aliphatic carbocycles. The van der Waals surface area contributed by atoms with Crippen LogP contribution in [0, 0.1) is 0 Å². The van der Waals surface area contributed by atoms with Crippen LogP contribution in [0.2, 0.25) is 0 Å². The zero-order valence-corrected chi connectivity index (χ0v) is 10.6. The van der Waals surface area contributed by atoms with Crippen molar-refractivity contribution in [1.82, 2.24) is 0 Å². The molecule has 0 saturated heterocycles. The molecule has 0 aromatic rings. The number of carbonyl (C=O) groups is 3. The molecule has 4 N–H and O–H groups in total. The Kier molecular flexibility index (Phi) is 7.39. The van der Waals surface area contributed by atoms with Gasteiger partial charge in [-0.05, 0) is 0 Å². The second-order valence-corrected chi connectivity index (χ2v) is 2.48. The fourth-order valence-corrected chi connectivity index (χ4v) is 0.714. The Labute approximate surface area is 119 Å². The van der Waals surface area contributed by atoms with Gasteiger partial charge in [-0.25, -0.2) is 4.79 Å². The summed E-state index contributed by atoms with van der Waals surface area (Å²) in [6.07, 6.45) is -2.29. The number of hydrogen-bond acceptors (Lipinski definition) is 4. The summed E-state index contributed by atoms with van der Waals surface area (Å²) in [5.41, 5.74) is -2.74. The molecule has 0 unspecified atom stereocenters. The average Bonchev–Trinajstić information content (AvgIpc) is 1.82. The summed E-state index contributed by atoms with van der Waals surface area (Å²) < 4.78 is 0. The van der Waals surface area contributed by atoms with Crippen LogP contribution in [-0.4, -0.2) is 89.4 Å². The van der Waals surface area contributed by atoms with E-state index in [1.807, 2.05) is 0 Å². The maximum absolute atomic E-state index is 10.3. The summed E-state index contributed by atoms with van der Waals surface area (Å²) in [7, 11) is 0. The van der Waals surface area contributed by atoms with Crippen LogP contribution in [0.1, 0.15) is 15.7 Å². The van der Waals surface area contributed by atoms with Crippen molar-refractivity contribution in [3.05, 3.63) is 0 Å². The van der Waals surface area contributed by atoms with Crippen LogP contribution in [0.15, 0.2) is 0 Å². The normalized spacial score (nSPS) is 10.1. The van der Waals surface area contributed by atoms with Crippen molar-refractivity contribution in [2.24, 2.45) is 0 Å². The number of aliphatic hydroxyl groups is 1. The molecular weight excluding hydrogens is 272 g/mol. The van der Waals surface area contributed by atoms with Gasteiger partial charge in [0.1, 0.15) is 0 Å². The first kappa shape index (κ1) is 16.3. The summed E-state index contributed by atoms with van der Waals surface area (Å²) in [6, 6.07) is 0. The Morgan fingerprint density at radius 2 is 1.29 bits per heavy atom. The van der Waals surface area contributed by atoms with Crippen LogP contribution >= 0.6 is 0 Å². The van der Waals surface area contributed by atoms with Gasteiger partial charge in [-0.2, -0.15) is 0 Å². The molecule has 0 aromatic heterocycles. The van der Waals surface area contributed by atoms with Crippen molar-refractivity contribution in [1.29, 1.82) is 0 Å². The third kappa shape index (κ3) is 5.55. The molecule has 0 saturated carbocycles. The molecule has 7 nitrogen and oxygen atoms in total. The molecule has 0 atom stereocenters. The van der Waals surface area contributed by atoms with Gasteiger partial charge in [-0.1, -0.05) is 0 Å². The SMILES string of the molecule is O=C(O)CC(O)(CC(=O)O)C(=O)O.[H-].[H-].[Sr+2]. The quantitative estimate of drug-likeness (QED) is 0.455. The molecule has 0 aliphatic rings. The van der Waals surface area contributed by atoms with Crippen molar-refractivity contribution in [3.63, 3.8) is 0 Å². The first-order valence-corrected chi connectivity index (χ1v) is 3.17. The van der Waals surface area contributed by atoms with Crippen molar-refractivity contribution in [3.8, 4) is 0 Å². The van der Waals surface area contributed by atoms with Gasteiger partial charge in [-0.15, -0.1) is 0 Å². The van der Waals surface area contributed by atoms with Crippen molar-refractivity contribution in [2.45, 2.75) is 18.4 Å². The maximum Gasteiger partial charge on any atom is 2.00 e. The maximum atomic E-state index is 10.3. The smallest absolute Gasteiger partial charge is 1.00 e. The molecule has 0 radical (unpaired) electrons. The monoisotopic (exact) mass is 282 g/mol. The fourth-order valence-electron chi connectivity index (χ4n) is 0.714. The van der Waals surface area contributed by atoms with Crippen LogP contribution in [0.25, 0.3) is 0 Å². The van der Waals surface area contributed by atoms with E-state index in [-0.39, 0.29) is 48.3 Å². The number of rotatable bonds is 5. The number of hydrogen-bond donors (Lipinski definition) is 4. The molecular formula is C6H10O7Sr. The predicted octanol–water partition coefficient (Wildman–Crippen LogP) is -1.40. The van der Waals surface area contributed by atoms with Crippen LogP contribution in [0.5, 0.6) is 0 Å². The van der Waals surface area contributed by atoms with Gasteiger partial charge >= 0.3 is 63.4 Å². The second kappa shape index (κ2) is 6.36. The molecule has 0 rings (SSSR count). The number of carboxylic acid groups (broad SMARTS) is 3. The van der Waals surface area contributed by atoms with E-state index in [1.165, 1.54) is 0 Å². The minimum Gasteiger partial charge on any atom is -1.00 e. The summed E-state index contributed by atoms with van der Waals surface area (Å²) in [5.74, 6) is -5.02. The van der Waals surface area contributed by atoms with Crippen molar-refractivity contribution >= 4 is 63.4 Å². The zero-order chi connectivity index (χ0) is 10.6. The standard InChI is InChI=1S/C6H8O7.Sr.2H/c7-3(8)1-6(13,5(11)12)2-4(9)10;;;/h13H,1-2H2,(H,7,8)(H,9,10)(H,11,12);;;/q;+2;2*-1.